The first-order valence-electron chi connectivity index (χ1n) is 12.6. The van der Waals surface area contributed by atoms with Crippen molar-refractivity contribution in [3.05, 3.63) is 78.4 Å². The number of phenolic OH excluding ortho intramolecular Hbond substituents is 1. The summed E-state index contributed by atoms with van der Waals surface area (Å²) in [6, 6.07) is 20.7. The van der Waals surface area contributed by atoms with Crippen molar-refractivity contribution in [1.29, 1.82) is 0 Å². The van der Waals surface area contributed by atoms with Crippen LogP contribution in [0.5, 0.6) is 5.75 Å². The molecule has 3 rings (SSSR count). The van der Waals surface area contributed by atoms with Gasteiger partial charge in [0.15, 0.2) is 0 Å². The quantitative estimate of drug-likeness (QED) is 0.112. The number of para-hydroxylation sites is 1. The molecule has 1 atom stereocenters. The molecule has 0 aliphatic rings. The van der Waals surface area contributed by atoms with Gasteiger partial charge in [-0.2, -0.15) is 0 Å². The molecule has 9 nitrogen and oxygen atoms in total. The summed E-state index contributed by atoms with van der Waals surface area (Å²) in [5.41, 5.74) is 11.6. The SMILES string of the molecule is N[C@@H](Cc1ccc(O)cc1)C(=O)Nc1ccccc1-c1ccc(NC(=O)CCCCCCC(=O)NO)cc1. The third-order valence-corrected chi connectivity index (χ3v) is 6.08. The summed E-state index contributed by atoms with van der Waals surface area (Å²) < 4.78 is 0. The van der Waals surface area contributed by atoms with Gasteiger partial charge in [0.05, 0.1) is 6.04 Å². The van der Waals surface area contributed by atoms with Crippen LogP contribution in [0.15, 0.2) is 72.8 Å². The molecule has 0 saturated carbocycles. The molecule has 3 amide bonds. The topological polar surface area (TPSA) is 154 Å². The van der Waals surface area contributed by atoms with Crippen LogP contribution in [-0.4, -0.2) is 34.1 Å². The van der Waals surface area contributed by atoms with Crippen molar-refractivity contribution in [2.75, 3.05) is 10.6 Å². The summed E-state index contributed by atoms with van der Waals surface area (Å²) >= 11 is 0. The molecule has 0 fully saturated rings. The maximum atomic E-state index is 12.8. The van der Waals surface area contributed by atoms with E-state index in [0.29, 0.717) is 37.1 Å². The number of anilines is 2. The number of hydroxylamine groups is 1. The molecule has 3 aromatic rings. The molecule has 0 spiro atoms. The van der Waals surface area contributed by atoms with Crippen LogP contribution in [-0.2, 0) is 20.8 Å². The van der Waals surface area contributed by atoms with Crippen LogP contribution in [0.2, 0.25) is 0 Å². The molecule has 38 heavy (non-hydrogen) atoms. The minimum atomic E-state index is -0.759. The van der Waals surface area contributed by atoms with Crippen molar-refractivity contribution >= 4 is 29.1 Å². The molecule has 0 aromatic heterocycles. The number of hydrogen-bond donors (Lipinski definition) is 6. The molecule has 3 aromatic carbocycles. The highest BCUT2D eigenvalue weighted by atomic mass is 16.5. The fourth-order valence-electron chi connectivity index (χ4n) is 3.99. The Bertz CT molecular complexity index is 1210. The number of carbonyl (C=O) groups is 3. The first-order chi connectivity index (χ1) is 18.4. The van der Waals surface area contributed by atoms with E-state index in [-0.39, 0.29) is 24.0 Å². The standard InChI is InChI=1S/C29H34N4O5/c30-25(19-20-11-17-23(34)18-12-20)29(37)32-26-8-6-5-7-24(26)21-13-15-22(16-14-21)31-27(35)9-3-1-2-4-10-28(36)33-38/h5-8,11-18,25,34,38H,1-4,9-10,19,30H2,(H,31,35)(H,32,37)(H,33,36)/t25-/m0/s1. The van der Waals surface area contributed by atoms with Crippen LogP contribution >= 0.6 is 0 Å². The zero-order chi connectivity index (χ0) is 27.3. The van der Waals surface area contributed by atoms with E-state index in [2.05, 4.69) is 10.6 Å². The zero-order valence-electron chi connectivity index (χ0n) is 21.2. The Kier molecular flexibility index (Phi) is 10.8. The predicted molar refractivity (Wildman–Crippen MR) is 147 cm³/mol. The molecular formula is C29H34N4O5. The normalized spacial score (nSPS) is 11.4. The van der Waals surface area contributed by atoms with E-state index in [4.69, 9.17) is 10.9 Å². The van der Waals surface area contributed by atoms with Crippen LogP contribution in [0.4, 0.5) is 11.4 Å². The van der Waals surface area contributed by atoms with Gasteiger partial charge in [0, 0.05) is 29.8 Å². The van der Waals surface area contributed by atoms with E-state index in [0.717, 1.165) is 29.5 Å². The van der Waals surface area contributed by atoms with Crippen LogP contribution < -0.4 is 21.8 Å². The van der Waals surface area contributed by atoms with Gasteiger partial charge in [-0.05, 0) is 60.7 Å². The van der Waals surface area contributed by atoms with Gasteiger partial charge in [0.1, 0.15) is 5.75 Å². The summed E-state index contributed by atoms with van der Waals surface area (Å²) in [6.45, 7) is 0. The molecule has 0 heterocycles. The summed E-state index contributed by atoms with van der Waals surface area (Å²) in [5, 5.41) is 23.7. The first kappa shape index (κ1) is 28.4. The van der Waals surface area contributed by atoms with E-state index in [9.17, 15) is 19.5 Å². The fourth-order valence-corrected chi connectivity index (χ4v) is 3.99. The third-order valence-electron chi connectivity index (χ3n) is 6.08. The van der Waals surface area contributed by atoms with Gasteiger partial charge in [-0.1, -0.05) is 55.3 Å². The Morgan fingerprint density at radius 3 is 2.05 bits per heavy atom. The van der Waals surface area contributed by atoms with Crippen molar-refractivity contribution < 1.29 is 24.7 Å². The maximum absolute atomic E-state index is 12.8. The largest absolute Gasteiger partial charge is 0.508 e. The van der Waals surface area contributed by atoms with Gasteiger partial charge in [0.2, 0.25) is 17.7 Å². The van der Waals surface area contributed by atoms with E-state index >= 15 is 0 Å². The van der Waals surface area contributed by atoms with Gasteiger partial charge in [-0.3, -0.25) is 19.6 Å². The average molecular weight is 519 g/mol. The monoisotopic (exact) mass is 518 g/mol. The van der Waals surface area contributed by atoms with Crippen LogP contribution in [0, 0.1) is 0 Å². The van der Waals surface area contributed by atoms with Crippen molar-refractivity contribution in [3.63, 3.8) is 0 Å². The highest BCUT2D eigenvalue weighted by Crippen LogP contribution is 2.29. The second-order valence-electron chi connectivity index (χ2n) is 9.09. The van der Waals surface area contributed by atoms with Gasteiger partial charge in [-0.15, -0.1) is 0 Å². The van der Waals surface area contributed by atoms with Gasteiger partial charge in [-0.25, -0.2) is 5.48 Å². The number of hydrogen-bond acceptors (Lipinski definition) is 6. The Balaban J connectivity index is 1.51. The minimum Gasteiger partial charge on any atom is -0.508 e. The van der Waals surface area contributed by atoms with E-state index in [1.807, 2.05) is 48.5 Å². The Morgan fingerprint density at radius 2 is 1.39 bits per heavy atom. The lowest BCUT2D eigenvalue weighted by Crippen LogP contribution is -2.37. The van der Waals surface area contributed by atoms with Crippen molar-refractivity contribution in [1.82, 2.24) is 5.48 Å². The number of amides is 3. The van der Waals surface area contributed by atoms with E-state index in [1.165, 1.54) is 0 Å². The molecule has 0 radical (unpaired) electrons. The molecule has 0 aliphatic heterocycles. The Labute approximate surface area is 222 Å². The number of phenols is 1. The number of nitrogens with two attached hydrogens (primary N) is 1. The molecule has 9 heteroatoms. The molecular weight excluding hydrogens is 484 g/mol. The molecule has 7 N–H and O–H groups in total. The number of benzene rings is 3. The Hall–Kier alpha value is -4.21. The molecule has 0 bridgehead atoms. The maximum Gasteiger partial charge on any atom is 0.243 e. The predicted octanol–water partition coefficient (Wildman–Crippen LogP) is 4.35. The average Bonchev–Trinajstić information content (AvgIpc) is 2.92. The highest BCUT2D eigenvalue weighted by molar-refractivity contribution is 5.98. The smallest absolute Gasteiger partial charge is 0.243 e. The number of unbranched alkanes of at least 4 members (excludes halogenated alkanes) is 3. The summed E-state index contributed by atoms with van der Waals surface area (Å²) in [6.07, 6.45) is 4.01. The zero-order valence-corrected chi connectivity index (χ0v) is 21.2. The van der Waals surface area contributed by atoms with Crippen molar-refractivity contribution in [2.45, 2.75) is 51.0 Å². The van der Waals surface area contributed by atoms with Gasteiger partial charge >= 0.3 is 0 Å². The lowest BCUT2D eigenvalue weighted by atomic mass is 10.0. The summed E-state index contributed by atoms with van der Waals surface area (Å²) in [7, 11) is 0. The second kappa shape index (κ2) is 14.5. The van der Waals surface area contributed by atoms with Gasteiger partial charge in [0.25, 0.3) is 0 Å². The van der Waals surface area contributed by atoms with Gasteiger partial charge < -0.3 is 21.5 Å². The molecule has 0 unspecified atom stereocenters. The molecule has 0 aliphatic carbocycles. The van der Waals surface area contributed by atoms with Crippen molar-refractivity contribution in [3.8, 4) is 16.9 Å². The van der Waals surface area contributed by atoms with Crippen LogP contribution in [0.3, 0.4) is 0 Å². The third kappa shape index (κ3) is 9.02. The van der Waals surface area contributed by atoms with Crippen molar-refractivity contribution in [2.24, 2.45) is 5.73 Å². The number of rotatable bonds is 13. The first-order valence-corrected chi connectivity index (χ1v) is 12.6. The summed E-state index contributed by atoms with van der Waals surface area (Å²) in [5.74, 6) is -0.636. The Morgan fingerprint density at radius 1 is 0.763 bits per heavy atom. The fraction of sp³-hybridized carbons (Fsp3) is 0.276. The molecule has 200 valence electrons. The van der Waals surface area contributed by atoms with Crippen LogP contribution in [0.25, 0.3) is 11.1 Å². The van der Waals surface area contributed by atoms with E-state index in [1.54, 1.807) is 29.7 Å². The number of nitrogens with one attached hydrogen (secondary N) is 3. The molecule has 0 saturated heterocycles. The minimum absolute atomic E-state index is 0.0823. The number of carbonyl (C=O) groups excluding carboxylic acids is 3. The van der Waals surface area contributed by atoms with Crippen LogP contribution in [0.1, 0.15) is 44.1 Å². The highest BCUT2D eigenvalue weighted by Gasteiger charge is 2.16. The second-order valence-corrected chi connectivity index (χ2v) is 9.09. The lowest BCUT2D eigenvalue weighted by molar-refractivity contribution is -0.129. The van der Waals surface area contributed by atoms with E-state index < -0.39 is 11.9 Å². The lowest BCUT2D eigenvalue weighted by Gasteiger charge is -2.16. The summed E-state index contributed by atoms with van der Waals surface area (Å²) in [4.78, 5) is 36.0. The number of aromatic hydroxyl groups is 1.